The lowest BCUT2D eigenvalue weighted by Gasteiger charge is -1.74. The van der Waals surface area contributed by atoms with Crippen LogP contribution in [0.1, 0.15) is 34.6 Å². The highest BCUT2D eigenvalue weighted by Gasteiger charge is 1.60. The molecule has 0 bridgehead atoms. The number of allylic oxidation sites excluding steroid dienone is 2. The van der Waals surface area contributed by atoms with Gasteiger partial charge in [0.1, 0.15) is 0 Å². The minimum Gasteiger partial charge on any atom is -0.106 e. The Kier molecular flexibility index (Phi) is 45.5. The maximum atomic E-state index is 3.00. The Morgan fingerprint density at radius 2 is 1.22 bits per heavy atom. The van der Waals surface area contributed by atoms with Gasteiger partial charge in [-0.05, 0) is 20.8 Å². The number of hydrogen-bond acceptors (Lipinski definition) is 0. The molecule has 0 N–H and O–H groups in total. The van der Waals surface area contributed by atoms with Crippen molar-refractivity contribution in [3.8, 4) is 0 Å². The van der Waals surface area contributed by atoms with Gasteiger partial charge < -0.3 is 0 Å². The van der Waals surface area contributed by atoms with Crippen LogP contribution in [0.2, 0.25) is 0 Å². The van der Waals surface area contributed by atoms with Crippen LogP contribution in [0.25, 0.3) is 0 Å². The highest BCUT2D eigenvalue weighted by atomic mass is 13.7. The SMILES string of the molecule is C=C.CC.CC=C(C)C. The van der Waals surface area contributed by atoms with Crippen molar-refractivity contribution in [2.75, 3.05) is 0 Å². The lowest BCUT2D eigenvalue weighted by atomic mass is 10.3. The Morgan fingerprint density at radius 1 is 1.11 bits per heavy atom. The molecule has 0 amide bonds. The summed E-state index contributed by atoms with van der Waals surface area (Å²) >= 11 is 0. The van der Waals surface area contributed by atoms with Crippen molar-refractivity contribution in [1.29, 1.82) is 0 Å². The lowest BCUT2D eigenvalue weighted by molar-refractivity contribution is 1.36. The summed E-state index contributed by atoms with van der Waals surface area (Å²) in [6.45, 7) is 16.2. The smallest absolute Gasteiger partial charge is 0.0442 e. The first-order chi connectivity index (χ1) is 4.27. The Bertz CT molecular complexity index is 47.1. The van der Waals surface area contributed by atoms with Crippen molar-refractivity contribution >= 4 is 0 Å². The molecule has 0 aliphatic heterocycles. The van der Waals surface area contributed by atoms with Gasteiger partial charge in [0.15, 0.2) is 0 Å². The van der Waals surface area contributed by atoms with Crippen LogP contribution < -0.4 is 0 Å². The van der Waals surface area contributed by atoms with Crippen LogP contribution in [-0.2, 0) is 0 Å². The minimum atomic E-state index is 1.38. The molecule has 0 aromatic heterocycles. The molecule has 0 saturated carbocycles. The summed E-state index contributed by atoms with van der Waals surface area (Å²) in [6.07, 6.45) is 2.08. The molecule has 9 heavy (non-hydrogen) atoms. The number of hydrogen-bond donors (Lipinski definition) is 0. The van der Waals surface area contributed by atoms with Gasteiger partial charge in [0.05, 0.1) is 0 Å². The summed E-state index contributed by atoms with van der Waals surface area (Å²) in [6, 6.07) is 0. The van der Waals surface area contributed by atoms with Crippen LogP contribution in [-0.4, -0.2) is 0 Å². The third kappa shape index (κ3) is 103. The molecule has 0 aliphatic carbocycles. The fraction of sp³-hybridized carbons (Fsp3) is 0.556. The van der Waals surface area contributed by atoms with Gasteiger partial charge in [0, 0.05) is 0 Å². The first-order valence-electron chi connectivity index (χ1n) is 3.37. The van der Waals surface area contributed by atoms with Crippen molar-refractivity contribution < 1.29 is 0 Å². The standard InChI is InChI=1S/C5H10.C2H6.C2H4/c1-4-5(2)3;2*1-2/h4H,1-3H3;1-2H3;1-2H2. The third-order valence-electron chi connectivity index (χ3n) is 0.577. The Hall–Kier alpha value is -0.520. The maximum Gasteiger partial charge on any atom is -0.0442 e. The van der Waals surface area contributed by atoms with E-state index in [0.717, 1.165) is 0 Å². The van der Waals surface area contributed by atoms with E-state index in [9.17, 15) is 0 Å². The first-order valence-corrected chi connectivity index (χ1v) is 3.37. The van der Waals surface area contributed by atoms with E-state index in [0.29, 0.717) is 0 Å². The molecule has 0 aromatic carbocycles. The molecule has 0 radical (unpaired) electrons. The van der Waals surface area contributed by atoms with E-state index in [4.69, 9.17) is 0 Å². The van der Waals surface area contributed by atoms with Crippen molar-refractivity contribution in [3.63, 3.8) is 0 Å². The summed E-state index contributed by atoms with van der Waals surface area (Å²) < 4.78 is 0. The average Bonchev–Trinajstić information content (AvgIpc) is 1.97. The van der Waals surface area contributed by atoms with Gasteiger partial charge in [0.2, 0.25) is 0 Å². The summed E-state index contributed by atoms with van der Waals surface area (Å²) in [4.78, 5) is 0. The minimum absolute atomic E-state index is 1.38. The predicted octanol–water partition coefficient (Wildman–Crippen LogP) is 3.80. The van der Waals surface area contributed by atoms with Crippen LogP contribution in [0.15, 0.2) is 24.8 Å². The van der Waals surface area contributed by atoms with Crippen LogP contribution in [0.5, 0.6) is 0 Å². The van der Waals surface area contributed by atoms with Gasteiger partial charge in [-0.2, -0.15) is 0 Å². The van der Waals surface area contributed by atoms with Crippen molar-refractivity contribution in [3.05, 3.63) is 24.8 Å². The van der Waals surface area contributed by atoms with Crippen molar-refractivity contribution in [2.24, 2.45) is 0 Å². The highest BCUT2D eigenvalue weighted by molar-refractivity contribution is 4.88. The molecule has 0 heterocycles. The van der Waals surface area contributed by atoms with Crippen molar-refractivity contribution in [1.82, 2.24) is 0 Å². The Labute approximate surface area is 60.3 Å². The Balaban J connectivity index is -0.0000000771. The van der Waals surface area contributed by atoms with Gasteiger partial charge in [0.25, 0.3) is 0 Å². The maximum absolute atomic E-state index is 3.00. The van der Waals surface area contributed by atoms with Gasteiger partial charge in [-0.15, -0.1) is 13.2 Å². The molecule has 0 spiro atoms. The van der Waals surface area contributed by atoms with E-state index in [1.54, 1.807) is 0 Å². The second kappa shape index (κ2) is 25.9. The first kappa shape index (κ1) is 15.8. The largest absolute Gasteiger partial charge is 0.106 e. The normalized spacial score (nSPS) is 5.00. The third-order valence-corrected chi connectivity index (χ3v) is 0.577. The van der Waals surface area contributed by atoms with E-state index in [1.165, 1.54) is 5.57 Å². The molecule has 0 rings (SSSR count). The second-order valence-corrected chi connectivity index (χ2v) is 1.37. The molecule has 0 heteroatoms. The fourth-order valence-electron chi connectivity index (χ4n) is 0. The molecule has 0 unspecified atom stereocenters. The van der Waals surface area contributed by atoms with Gasteiger partial charge in [-0.25, -0.2) is 0 Å². The van der Waals surface area contributed by atoms with Crippen LogP contribution in [0.3, 0.4) is 0 Å². The molecule has 0 nitrogen and oxygen atoms in total. The molecule has 0 aromatic rings. The van der Waals surface area contributed by atoms with Gasteiger partial charge in [-0.1, -0.05) is 25.5 Å². The molecule has 0 atom stereocenters. The quantitative estimate of drug-likeness (QED) is 0.435. The fourth-order valence-corrected chi connectivity index (χ4v) is 0. The van der Waals surface area contributed by atoms with E-state index in [1.807, 2.05) is 20.8 Å². The second-order valence-electron chi connectivity index (χ2n) is 1.37. The van der Waals surface area contributed by atoms with E-state index >= 15 is 0 Å². The summed E-state index contributed by atoms with van der Waals surface area (Å²) in [5.41, 5.74) is 1.38. The topological polar surface area (TPSA) is 0 Å². The van der Waals surface area contributed by atoms with Gasteiger partial charge in [-0.3, -0.25) is 0 Å². The molecule has 0 aliphatic rings. The van der Waals surface area contributed by atoms with E-state index in [2.05, 4.69) is 33.1 Å². The zero-order chi connectivity index (χ0) is 8.28. The van der Waals surface area contributed by atoms with Crippen LogP contribution in [0, 0.1) is 0 Å². The average molecular weight is 128 g/mol. The molecular weight excluding hydrogens is 108 g/mol. The Morgan fingerprint density at radius 3 is 1.22 bits per heavy atom. The van der Waals surface area contributed by atoms with Gasteiger partial charge >= 0.3 is 0 Å². The van der Waals surface area contributed by atoms with Crippen LogP contribution in [0.4, 0.5) is 0 Å². The predicted molar refractivity (Wildman–Crippen MR) is 47.7 cm³/mol. The highest BCUT2D eigenvalue weighted by Crippen LogP contribution is 1.82. The summed E-state index contributed by atoms with van der Waals surface area (Å²) in [5, 5.41) is 0. The van der Waals surface area contributed by atoms with Crippen LogP contribution >= 0.6 is 0 Å². The van der Waals surface area contributed by atoms with E-state index in [-0.39, 0.29) is 0 Å². The number of rotatable bonds is 0. The molecule has 0 fully saturated rings. The molecule has 0 saturated heterocycles. The monoisotopic (exact) mass is 128 g/mol. The zero-order valence-electron chi connectivity index (χ0n) is 7.49. The molecular formula is C9H20. The summed E-state index contributed by atoms with van der Waals surface area (Å²) in [5.74, 6) is 0. The van der Waals surface area contributed by atoms with E-state index < -0.39 is 0 Å². The summed E-state index contributed by atoms with van der Waals surface area (Å²) in [7, 11) is 0. The molecule has 56 valence electrons. The van der Waals surface area contributed by atoms with Crippen molar-refractivity contribution in [2.45, 2.75) is 34.6 Å². The lowest BCUT2D eigenvalue weighted by Crippen LogP contribution is -1.52. The zero-order valence-corrected chi connectivity index (χ0v) is 7.49.